The number of aromatic nitrogens is 2. The summed E-state index contributed by atoms with van der Waals surface area (Å²) in [6.45, 7) is 7.20. The van der Waals surface area contributed by atoms with Crippen LogP contribution in [0.4, 0.5) is 0 Å². The fraction of sp³-hybridized carbons (Fsp3) is 0.348. The minimum absolute atomic E-state index is 0.144. The largest absolute Gasteiger partial charge is 0.490 e. The molecule has 156 valence electrons. The van der Waals surface area contributed by atoms with E-state index in [1.165, 1.54) is 0 Å². The number of aryl methyl sites for hydroxylation is 1. The maximum absolute atomic E-state index is 12.9. The lowest BCUT2D eigenvalue weighted by Crippen LogP contribution is -2.31. The summed E-state index contributed by atoms with van der Waals surface area (Å²) < 4.78 is 16.7. The van der Waals surface area contributed by atoms with Gasteiger partial charge in [0.15, 0.2) is 17.3 Å². The fourth-order valence-electron chi connectivity index (χ4n) is 3.41. The molecular weight excluding hydrogens is 382 g/mol. The SMILES string of the molecule is Cc1noc(-c2ccc(C(=O)N[C@H](c3ccc4c(c3)OCCCO4)C(C)C)cc2)n1. The van der Waals surface area contributed by atoms with Crippen LogP contribution in [0.1, 0.15) is 48.1 Å². The first-order chi connectivity index (χ1) is 14.5. The van der Waals surface area contributed by atoms with Crippen LogP contribution in [-0.2, 0) is 0 Å². The molecule has 0 spiro atoms. The van der Waals surface area contributed by atoms with Crippen molar-refractivity contribution in [2.24, 2.45) is 5.92 Å². The Morgan fingerprint density at radius 1 is 1.03 bits per heavy atom. The monoisotopic (exact) mass is 407 g/mol. The van der Waals surface area contributed by atoms with Gasteiger partial charge in [-0.1, -0.05) is 25.1 Å². The number of hydrogen-bond donors (Lipinski definition) is 1. The number of nitrogens with one attached hydrogen (secondary N) is 1. The quantitative estimate of drug-likeness (QED) is 0.677. The summed E-state index contributed by atoms with van der Waals surface area (Å²) >= 11 is 0. The summed E-state index contributed by atoms with van der Waals surface area (Å²) in [5.41, 5.74) is 2.32. The molecule has 4 rings (SSSR count). The van der Waals surface area contributed by atoms with Gasteiger partial charge in [-0.15, -0.1) is 0 Å². The van der Waals surface area contributed by atoms with Gasteiger partial charge in [-0.05, 0) is 54.8 Å². The molecule has 1 atom stereocenters. The normalized spacial score (nSPS) is 14.3. The van der Waals surface area contributed by atoms with Crippen LogP contribution in [-0.4, -0.2) is 29.3 Å². The van der Waals surface area contributed by atoms with Gasteiger partial charge in [0.05, 0.1) is 19.3 Å². The third kappa shape index (κ3) is 4.30. The second kappa shape index (κ2) is 8.57. The Morgan fingerprint density at radius 3 is 2.43 bits per heavy atom. The molecular formula is C23H25N3O4. The molecule has 1 aromatic heterocycles. The Balaban J connectivity index is 1.52. The predicted molar refractivity (Wildman–Crippen MR) is 112 cm³/mol. The third-order valence-electron chi connectivity index (χ3n) is 5.01. The Kier molecular flexibility index (Phi) is 5.70. The van der Waals surface area contributed by atoms with Crippen molar-refractivity contribution in [3.63, 3.8) is 0 Å². The lowest BCUT2D eigenvalue weighted by molar-refractivity contribution is 0.0925. The highest BCUT2D eigenvalue weighted by Crippen LogP contribution is 2.34. The summed E-state index contributed by atoms with van der Waals surface area (Å²) in [6, 6.07) is 12.8. The lowest BCUT2D eigenvalue weighted by atomic mass is 9.95. The van der Waals surface area contributed by atoms with Gasteiger partial charge >= 0.3 is 0 Å². The first kappa shape index (κ1) is 19.9. The van der Waals surface area contributed by atoms with Crippen LogP contribution < -0.4 is 14.8 Å². The van der Waals surface area contributed by atoms with Gasteiger partial charge < -0.3 is 19.3 Å². The molecule has 3 aromatic rings. The van der Waals surface area contributed by atoms with E-state index in [-0.39, 0.29) is 17.9 Å². The second-order valence-electron chi connectivity index (χ2n) is 7.68. The van der Waals surface area contributed by atoms with E-state index in [9.17, 15) is 4.79 Å². The van der Waals surface area contributed by atoms with E-state index >= 15 is 0 Å². The fourth-order valence-corrected chi connectivity index (χ4v) is 3.41. The molecule has 0 saturated carbocycles. The zero-order valence-corrected chi connectivity index (χ0v) is 17.3. The van der Waals surface area contributed by atoms with Gasteiger partial charge in [-0.2, -0.15) is 4.98 Å². The Morgan fingerprint density at radius 2 is 1.77 bits per heavy atom. The minimum Gasteiger partial charge on any atom is -0.490 e. The van der Waals surface area contributed by atoms with Gasteiger partial charge in [0.1, 0.15) is 0 Å². The molecule has 30 heavy (non-hydrogen) atoms. The Bertz CT molecular complexity index is 1030. The van der Waals surface area contributed by atoms with E-state index < -0.39 is 0 Å². The van der Waals surface area contributed by atoms with Crippen LogP contribution in [0.25, 0.3) is 11.5 Å². The van der Waals surface area contributed by atoms with Gasteiger partial charge in [0, 0.05) is 17.5 Å². The first-order valence-electron chi connectivity index (χ1n) is 10.1. The standard InChI is InChI=1S/C23H25N3O4/c1-14(2)21(18-9-10-19-20(13-18)29-12-4-11-28-19)25-22(27)16-5-7-17(8-6-16)23-24-15(3)26-30-23/h5-10,13-14,21H,4,11-12H2,1-3H3,(H,25,27)/t21-/m0/s1. The molecule has 1 aliphatic heterocycles. The van der Waals surface area contributed by atoms with Crippen molar-refractivity contribution in [2.75, 3.05) is 13.2 Å². The van der Waals surface area contributed by atoms with E-state index in [0.717, 1.165) is 29.0 Å². The number of carbonyl (C=O) groups excluding carboxylic acids is 1. The number of hydrogen-bond acceptors (Lipinski definition) is 6. The number of carbonyl (C=O) groups is 1. The molecule has 0 aliphatic carbocycles. The highest BCUT2D eigenvalue weighted by atomic mass is 16.5. The molecule has 2 aromatic carbocycles. The molecule has 0 radical (unpaired) electrons. The van der Waals surface area contributed by atoms with Crippen molar-refractivity contribution >= 4 is 5.91 Å². The number of rotatable bonds is 5. The summed E-state index contributed by atoms with van der Waals surface area (Å²) in [4.78, 5) is 17.1. The molecule has 1 amide bonds. The second-order valence-corrected chi connectivity index (χ2v) is 7.68. The Labute approximate surface area is 175 Å². The number of fused-ring (bicyclic) bond motifs is 1. The highest BCUT2D eigenvalue weighted by Gasteiger charge is 2.22. The molecule has 0 bridgehead atoms. The maximum Gasteiger partial charge on any atom is 0.257 e. The van der Waals surface area contributed by atoms with Crippen molar-refractivity contribution in [2.45, 2.75) is 33.2 Å². The van der Waals surface area contributed by atoms with Crippen LogP contribution >= 0.6 is 0 Å². The Hall–Kier alpha value is -3.35. The number of nitrogens with zero attached hydrogens (tertiary/aromatic N) is 2. The van der Waals surface area contributed by atoms with Gasteiger partial charge in [-0.3, -0.25) is 4.79 Å². The van der Waals surface area contributed by atoms with E-state index in [1.807, 2.05) is 18.2 Å². The van der Waals surface area contributed by atoms with E-state index in [2.05, 4.69) is 29.3 Å². The topological polar surface area (TPSA) is 86.5 Å². The molecule has 1 aliphatic rings. The van der Waals surface area contributed by atoms with Crippen LogP contribution in [0.3, 0.4) is 0 Å². The number of ether oxygens (including phenoxy) is 2. The van der Waals surface area contributed by atoms with E-state index in [1.54, 1.807) is 31.2 Å². The number of amides is 1. The maximum atomic E-state index is 12.9. The van der Waals surface area contributed by atoms with E-state index in [0.29, 0.717) is 30.5 Å². The van der Waals surface area contributed by atoms with Crippen molar-refractivity contribution < 1.29 is 18.8 Å². The summed E-state index contributed by atoms with van der Waals surface area (Å²) in [5, 5.41) is 6.94. The minimum atomic E-state index is -0.159. The molecule has 0 saturated heterocycles. The van der Waals surface area contributed by atoms with Crippen molar-refractivity contribution in [1.29, 1.82) is 0 Å². The van der Waals surface area contributed by atoms with Gasteiger partial charge in [0.2, 0.25) is 0 Å². The lowest BCUT2D eigenvalue weighted by Gasteiger charge is -2.24. The zero-order valence-electron chi connectivity index (χ0n) is 17.3. The predicted octanol–water partition coefficient (Wildman–Crippen LogP) is 4.33. The van der Waals surface area contributed by atoms with Gasteiger partial charge in [-0.25, -0.2) is 0 Å². The molecule has 0 fully saturated rings. The molecule has 2 heterocycles. The molecule has 1 N–H and O–H groups in total. The number of benzene rings is 2. The van der Waals surface area contributed by atoms with Crippen molar-refractivity contribution in [1.82, 2.24) is 15.5 Å². The average molecular weight is 407 g/mol. The molecule has 0 unspecified atom stereocenters. The smallest absolute Gasteiger partial charge is 0.257 e. The van der Waals surface area contributed by atoms with Crippen molar-refractivity contribution in [3.05, 3.63) is 59.4 Å². The average Bonchev–Trinajstić information content (AvgIpc) is 3.04. The van der Waals surface area contributed by atoms with Crippen LogP contribution in [0.5, 0.6) is 11.5 Å². The van der Waals surface area contributed by atoms with Crippen LogP contribution in [0, 0.1) is 12.8 Å². The third-order valence-corrected chi connectivity index (χ3v) is 5.01. The van der Waals surface area contributed by atoms with Crippen molar-refractivity contribution in [3.8, 4) is 23.0 Å². The molecule has 7 nitrogen and oxygen atoms in total. The summed E-state index contributed by atoms with van der Waals surface area (Å²) in [5.74, 6) is 2.53. The van der Waals surface area contributed by atoms with Gasteiger partial charge in [0.25, 0.3) is 11.8 Å². The van der Waals surface area contributed by atoms with Crippen LogP contribution in [0.15, 0.2) is 47.0 Å². The zero-order chi connectivity index (χ0) is 21.1. The van der Waals surface area contributed by atoms with Crippen LogP contribution in [0.2, 0.25) is 0 Å². The summed E-state index contributed by atoms with van der Waals surface area (Å²) in [6.07, 6.45) is 0.855. The highest BCUT2D eigenvalue weighted by molar-refractivity contribution is 5.94. The first-order valence-corrected chi connectivity index (χ1v) is 10.1. The summed E-state index contributed by atoms with van der Waals surface area (Å²) in [7, 11) is 0. The van der Waals surface area contributed by atoms with E-state index in [4.69, 9.17) is 14.0 Å². The molecule has 7 heteroatoms.